The Bertz CT molecular complexity index is 1400. The maximum absolute atomic E-state index is 13.5. The van der Waals surface area contributed by atoms with Crippen LogP contribution in [0.15, 0.2) is 65.7 Å². The number of ether oxygens (including phenoxy) is 2. The monoisotopic (exact) mass is 568 g/mol. The van der Waals surface area contributed by atoms with Crippen molar-refractivity contribution in [2.24, 2.45) is 0 Å². The highest BCUT2D eigenvalue weighted by Gasteiger charge is 2.35. The number of sulfonamides is 1. The van der Waals surface area contributed by atoms with E-state index in [-0.39, 0.29) is 11.1 Å². The van der Waals surface area contributed by atoms with E-state index in [4.69, 9.17) is 11.6 Å². The minimum absolute atomic E-state index is 0.00990. The molecule has 0 bridgehead atoms. The van der Waals surface area contributed by atoms with E-state index in [9.17, 15) is 39.6 Å². The van der Waals surface area contributed by atoms with E-state index in [0.29, 0.717) is 16.6 Å². The Kier molecular flexibility index (Phi) is 7.93. The normalized spacial score (nSPS) is 12.2. The molecule has 0 saturated heterocycles. The van der Waals surface area contributed by atoms with Gasteiger partial charge < -0.3 is 9.47 Å². The largest absolute Gasteiger partial charge is 0.573 e. The molecule has 0 fully saturated rings. The Morgan fingerprint density at radius 2 is 1.68 bits per heavy atom. The molecule has 3 rings (SSSR count). The molecule has 0 spiro atoms. The second kappa shape index (κ2) is 10.5. The molecule has 0 saturated carbocycles. The Balaban J connectivity index is 2.10. The van der Waals surface area contributed by atoms with Gasteiger partial charge in [-0.25, -0.2) is 22.5 Å². The van der Waals surface area contributed by atoms with Gasteiger partial charge in [0.2, 0.25) is 0 Å². The van der Waals surface area contributed by atoms with Crippen molar-refractivity contribution in [3.8, 4) is 5.75 Å². The number of alkyl halides is 6. The molecule has 0 radical (unpaired) electrons. The van der Waals surface area contributed by atoms with E-state index < -0.39 is 62.1 Å². The number of halogens is 7. The molecule has 0 aliphatic heterocycles. The van der Waals surface area contributed by atoms with E-state index in [1.54, 1.807) is 0 Å². The molecular weight excluding hydrogens is 554 g/mol. The summed E-state index contributed by atoms with van der Waals surface area (Å²) in [6, 6.07) is 9.12. The molecule has 7 nitrogen and oxygen atoms in total. The van der Waals surface area contributed by atoms with Gasteiger partial charge in [-0.1, -0.05) is 23.7 Å². The van der Waals surface area contributed by atoms with Crippen molar-refractivity contribution in [3.05, 3.63) is 82.5 Å². The molecule has 0 N–H and O–H groups in total. The van der Waals surface area contributed by atoms with Gasteiger partial charge in [-0.15, -0.1) is 13.2 Å². The van der Waals surface area contributed by atoms with E-state index in [1.807, 2.05) is 0 Å². The van der Waals surface area contributed by atoms with Gasteiger partial charge in [0.25, 0.3) is 10.0 Å². The van der Waals surface area contributed by atoms with Crippen LogP contribution < -0.4 is 9.04 Å². The van der Waals surface area contributed by atoms with Crippen LogP contribution in [0.25, 0.3) is 0 Å². The molecule has 0 unspecified atom stereocenters. The van der Waals surface area contributed by atoms with Crippen molar-refractivity contribution < 1.29 is 49.0 Å². The van der Waals surface area contributed by atoms with Gasteiger partial charge in [-0.2, -0.15) is 13.2 Å². The maximum Gasteiger partial charge on any atom is 0.573 e. The predicted octanol–water partition coefficient (Wildman–Crippen LogP) is 5.83. The van der Waals surface area contributed by atoms with Crippen molar-refractivity contribution in [3.63, 3.8) is 0 Å². The molecule has 0 aliphatic rings. The second-order valence-electron chi connectivity index (χ2n) is 7.25. The summed E-state index contributed by atoms with van der Waals surface area (Å²) < 4.78 is 113. The van der Waals surface area contributed by atoms with Crippen LogP contribution in [0.2, 0.25) is 5.02 Å². The number of benzene rings is 2. The molecule has 0 amide bonds. The van der Waals surface area contributed by atoms with Gasteiger partial charge in [-0.3, -0.25) is 0 Å². The van der Waals surface area contributed by atoms with E-state index in [2.05, 4.69) is 14.5 Å². The number of rotatable bonds is 7. The minimum Gasteiger partial charge on any atom is -0.465 e. The number of methoxy groups -OCH3 is 1. The molecule has 37 heavy (non-hydrogen) atoms. The van der Waals surface area contributed by atoms with Crippen molar-refractivity contribution >= 4 is 33.4 Å². The van der Waals surface area contributed by atoms with Gasteiger partial charge in [0.15, 0.2) is 5.82 Å². The fraction of sp³-hybridized carbons (Fsp3) is 0.182. The predicted molar refractivity (Wildman–Crippen MR) is 119 cm³/mol. The molecule has 1 heterocycles. The zero-order chi connectivity index (χ0) is 27.6. The second-order valence-corrected chi connectivity index (χ2v) is 9.52. The first kappa shape index (κ1) is 28.1. The summed E-state index contributed by atoms with van der Waals surface area (Å²) in [5.74, 6) is -2.03. The van der Waals surface area contributed by atoms with Crippen molar-refractivity contribution in [1.29, 1.82) is 0 Å². The van der Waals surface area contributed by atoms with Gasteiger partial charge >= 0.3 is 18.5 Å². The molecule has 15 heteroatoms. The fourth-order valence-corrected chi connectivity index (χ4v) is 4.80. The maximum atomic E-state index is 13.5. The fourth-order valence-electron chi connectivity index (χ4n) is 3.06. The molecular formula is C22H15ClF6N2O5S. The van der Waals surface area contributed by atoms with Crippen molar-refractivity contribution in [2.45, 2.75) is 24.0 Å². The lowest BCUT2D eigenvalue weighted by Crippen LogP contribution is -2.32. The highest BCUT2D eigenvalue weighted by Crippen LogP contribution is 2.36. The van der Waals surface area contributed by atoms with Crippen LogP contribution in [0.3, 0.4) is 0 Å². The van der Waals surface area contributed by atoms with Gasteiger partial charge in [0.1, 0.15) is 5.75 Å². The van der Waals surface area contributed by atoms with Gasteiger partial charge in [0.05, 0.1) is 34.7 Å². The number of hydrogen-bond acceptors (Lipinski definition) is 6. The summed E-state index contributed by atoms with van der Waals surface area (Å²) in [5, 5.41) is -0.688. The number of carbonyl (C=O) groups is 1. The number of nitrogens with zero attached hydrogens (tertiary/aromatic N) is 2. The Morgan fingerprint density at radius 3 is 2.22 bits per heavy atom. The number of hydrogen-bond donors (Lipinski definition) is 0. The molecule has 198 valence electrons. The van der Waals surface area contributed by atoms with Crippen LogP contribution in [0.4, 0.5) is 32.2 Å². The third-order valence-electron chi connectivity index (χ3n) is 4.71. The Hall–Kier alpha value is -3.52. The average Bonchev–Trinajstić information content (AvgIpc) is 2.81. The van der Waals surface area contributed by atoms with E-state index >= 15 is 0 Å². The molecule has 0 aliphatic carbocycles. The van der Waals surface area contributed by atoms with Crippen molar-refractivity contribution in [1.82, 2.24) is 4.98 Å². The molecule has 1 aromatic heterocycles. The highest BCUT2D eigenvalue weighted by atomic mass is 35.5. The summed E-state index contributed by atoms with van der Waals surface area (Å²) in [7, 11) is -3.52. The number of pyridine rings is 1. The summed E-state index contributed by atoms with van der Waals surface area (Å²) in [6.45, 7) is -0.686. The third-order valence-corrected chi connectivity index (χ3v) is 6.74. The zero-order valence-electron chi connectivity index (χ0n) is 18.5. The quantitative estimate of drug-likeness (QED) is 0.263. The number of carbonyl (C=O) groups excluding carboxylic acids is 1. The molecule has 2 aromatic carbocycles. The topological polar surface area (TPSA) is 85.8 Å². The van der Waals surface area contributed by atoms with Crippen LogP contribution in [-0.4, -0.2) is 32.8 Å². The van der Waals surface area contributed by atoms with Crippen LogP contribution >= 0.6 is 11.6 Å². The Labute approximate surface area is 211 Å². The first-order valence-electron chi connectivity index (χ1n) is 9.90. The van der Waals surface area contributed by atoms with E-state index in [0.717, 1.165) is 49.6 Å². The van der Waals surface area contributed by atoms with E-state index in [1.165, 1.54) is 6.07 Å². The summed E-state index contributed by atoms with van der Waals surface area (Å²) in [4.78, 5) is 14.8. The van der Waals surface area contributed by atoms with Crippen LogP contribution in [-0.2, 0) is 27.5 Å². The van der Waals surface area contributed by atoms with Crippen LogP contribution in [0.5, 0.6) is 5.75 Å². The lowest BCUT2D eigenvalue weighted by molar-refractivity contribution is -0.274. The number of aromatic nitrogens is 1. The van der Waals surface area contributed by atoms with Gasteiger partial charge in [-0.05, 0) is 48.0 Å². The first-order chi connectivity index (χ1) is 17.1. The number of anilines is 1. The summed E-state index contributed by atoms with van der Waals surface area (Å²) >= 11 is 5.99. The average molecular weight is 569 g/mol. The lowest BCUT2D eigenvalue weighted by atomic mass is 10.2. The zero-order valence-corrected chi connectivity index (χ0v) is 20.0. The van der Waals surface area contributed by atoms with Crippen molar-refractivity contribution in [2.75, 3.05) is 11.4 Å². The number of esters is 1. The Morgan fingerprint density at radius 1 is 1.03 bits per heavy atom. The minimum atomic E-state index is -5.02. The van der Waals surface area contributed by atoms with Crippen LogP contribution in [0, 0.1) is 0 Å². The summed E-state index contributed by atoms with van der Waals surface area (Å²) in [6.07, 6.45) is -9.48. The molecule has 0 atom stereocenters. The van der Waals surface area contributed by atoms with Gasteiger partial charge in [0, 0.05) is 6.20 Å². The lowest BCUT2D eigenvalue weighted by Gasteiger charge is -2.25. The first-order valence-corrected chi connectivity index (χ1v) is 11.7. The standard InChI is InChI=1S/C22H15ClF6N2O5S/c1-35-20(32)14-5-7-17(8-6-14)37(33,34)31(19-18(23)10-15(11-30-19)21(24,25)26)12-13-3-2-4-16(9-13)36-22(27,28)29/h2-11H,12H2,1H3. The SMILES string of the molecule is COC(=O)c1ccc(S(=O)(=O)N(Cc2cccc(OC(F)(F)F)c2)c2ncc(C(F)(F)F)cc2Cl)cc1. The highest BCUT2D eigenvalue weighted by molar-refractivity contribution is 7.92. The molecule has 3 aromatic rings. The summed E-state index contributed by atoms with van der Waals surface area (Å²) in [5.41, 5.74) is -1.27. The third kappa shape index (κ3) is 6.83. The smallest absolute Gasteiger partial charge is 0.465 e. The van der Waals surface area contributed by atoms with Crippen LogP contribution in [0.1, 0.15) is 21.5 Å².